The fraction of sp³-hybridized carbons (Fsp3) is 0.265. The van der Waals surface area contributed by atoms with E-state index in [1.54, 1.807) is 18.2 Å². The summed E-state index contributed by atoms with van der Waals surface area (Å²) >= 11 is 0. The SMILES string of the molecule is Cc1ccccc1-c1cc(NC(=O)c2ccc(O[C@H]3CCNC3)c(-c3ccc(F)c(F)c3)c2)ccc1O[C@H]1CCNC1. The van der Waals surface area contributed by atoms with E-state index >= 15 is 0 Å². The standard InChI is InChI=1S/C34H33F2N3O3/c1-21-4-2-3-5-27(21)29-18-24(8-11-33(29)42-26-13-15-38-20-26)39-34(40)23-7-10-32(41-25-12-14-37-19-25)28(16-23)22-6-9-30(35)31(36)17-22/h2-11,16-18,25-26,37-38H,12-15,19-20H2,1H3,(H,39,40)/t25-,26-/m0/s1. The first-order chi connectivity index (χ1) is 20.4. The first-order valence-corrected chi connectivity index (χ1v) is 14.3. The molecule has 0 aliphatic carbocycles. The summed E-state index contributed by atoms with van der Waals surface area (Å²) < 4.78 is 40.5. The highest BCUT2D eigenvalue weighted by Crippen LogP contribution is 2.37. The number of halogens is 2. The summed E-state index contributed by atoms with van der Waals surface area (Å²) in [6, 6.07) is 22.5. The van der Waals surface area contributed by atoms with Crippen LogP contribution in [0.15, 0.2) is 78.9 Å². The Bertz CT molecular complexity index is 1600. The van der Waals surface area contributed by atoms with Gasteiger partial charge in [0, 0.05) is 35.5 Å². The third-order valence-electron chi connectivity index (χ3n) is 7.76. The summed E-state index contributed by atoms with van der Waals surface area (Å²) in [5.74, 6) is -0.959. The van der Waals surface area contributed by atoms with Gasteiger partial charge in [-0.25, -0.2) is 8.78 Å². The summed E-state index contributed by atoms with van der Waals surface area (Å²) in [6.07, 6.45) is 1.81. The molecule has 2 heterocycles. The minimum Gasteiger partial charge on any atom is -0.488 e. The van der Waals surface area contributed by atoms with E-state index in [2.05, 4.69) is 16.0 Å². The third kappa shape index (κ3) is 6.15. The van der Waals surface area contributed by atoms with Gasteiger partial charge in [0.25, 0.3) is 5.91 Å². The number of carbonyl (C=O) groups is 1. The number of hydrogen-bond acceptors (Lipinski definition) is 5. The second-order valence-corrected chi connectivity index (χ2v) is 10.8. The zero-order valence-corrected chi connectivity index (χ0v) is 23.4. The average Bonchev–Trinajstić information content (AvgIpc) is 3.71. The fourth-order valence-electron chi connectivity index (χ4n) is 5.48. The molecule has 8 heteroatoms. The molecule has 0 radical (unpaired) electrons. The van der Waals surface area contributed by atoms with Gasteiger partial charge in [0.1, 0.15) is 23.7 Å². The summed E-state index contributed by atoms with van der Waals surface area (Å²) in [7, 11) is 0. The Morgan fingerprint density at radius 2 is 1.45 bits per heavy atom. The first kappa shape index (κ1) is 27.9. The van der Waals surface area contributed by atoms with Crippen LogP contribution in [0.3, 0.4) is 0 Å². The van der Waals surface area contributed by atoms with Crippen LogP contribution >= 0.6 is 0 Å². The maximum atomic E-state index is 14.2. The van der Waals surface area contributed by atoms with Gasteiger partial charge in [-0.1, -0.05) is 30.3 Å². The van der Waals surface area contributed by atoms with Crippen LogP contribution in [0.2, 0.25) is 0 Å². The minimum atomic E-state index is -0.963. The van der Waals surface area contributed by atoms with E-state index in [9.17, 15) is 13.6 Å². The van der Waals surface area contributed by atoms with Crippen LogP contribution in [-0.2, 0) is 0 Å². The van der Waals surface area contributed by atoms with E-state index in [0.717, 1.165) is 67.0 Å². The maximum absolute atomic E-state index is 14.2. The summed E-state index contributed by atoms with van der Waals surface area (Å²) in [4.78, 5) is 13.5. The monoisotopic (exact) mass is 569 g/mol. The van der Waals surface area contributed by atoms with Crippen molar-refractivity contribution in [3.63, 3.8) is 0 Å². The van der Waals surface area contributed by atoms with Crippen LogP contribution in [0, 0.1) is 18.6 Å². The molecule has 42 heavy (non-hydrogen) atoms. The van der Waals surface area contributed by atoms with Gasteiger partial charge >= 0.3 is 0 Å². The number of rotatable bonds is 8. The van der Waals surface area contributed by atoms with Crippen LogP contribution in [0.1, 0.15) is 28.8 Å². The lowest BCUT2D eigenvalue weighted by Crippen LogP contribution is -2.20. The molecule has 216 valence electrons. The molecule has 2 saturated heterocycles. The molecule has 6 nitrogen and oxygen atoms in total. The predicted molar refractivity (Wildman–Crippen MR) is 160 cm³/mol. The Morgan fingerprint density at radius 1 is 0.762 bits per heavy atom. The fourth-order valence-corrected chi connectivity index (χ4v) is 5.48. The Morgan fingerprint density at radius 3 is 2.12 bits per heavy atom. The number of benzene rings is 4. The summed E-state index contributed by atoms with van der Waals surface area (Å²) in [5, 5.41) is 9.60. The number of carbonyl (C=O) groups excluding carboxylic acids is 1. The molecule has 1 amide bonds. The molecular formula is C34H33F2N3O3. The second-order valence-electron chi connectivity index (χ2n) is 10.8. The Kier molecular flexibility index (Phi) is 8.17. The Labute approximate surface area is 244 Å². The van der Waals surface area contributed by atoms with Gasteiger partial charge in [-0.3, -0.25) is 4.79 Å². The lowest BCUT2D eigenvalue weighted by atomic mass is 9.98. The molecule has 2 fully saturated rings. The van der Waals surface area contributed by atoms with Crippen LogP contribution < -0.4 is 25.4 Å². The van der Waals surface area contributed by atoms with Crippen LogP contribution in [-0.4, -0.2) is 44.3 Å². The molecular weight excluding hydrogens is 536 g/mol. The van der Waals surface area contributed by atoms with E-state index in [1.807, 2.05) is 49.4 Å². The number of ether oxygens (including phenoxy) is 2. The lowest BCUT2D eigenvalue weighted by molar-refractivity contribution is 0.102. The van der Waals surface area contributed by atoms with Crippen molar-refractivity contribution >= 4 is 11.6 Å². The van der Waals surface area contributed by atoms with Crippen LogP contribution in [0.4, 0.5) is 14.5 Å². The van der Waals surface area contributed by atoms with Crippen molar-refractivity contribution < 1.29 is 23.0 Å². The quantitative estimate of drug-likeness (QED) is 0.231. The predicted octanol–water partition coefficient (Wildman–Crippen LogP) is 6.34. The Hall–Kier alpha value is -4.27. The van der Waals surface area contributed by atoms with Crippen LogP contribution in [0.25, 0.3) is 22.3 Å². The molecule has 0 saturated carbocycles. The molecule has 4 aromatic carbocycles. The van der Waals surface area contributed by atoms with Crippen molar-refractivity contribution in [3.8, 4) is 33.8 Å². The highest BCUT2D eigenvalue weighted by atomic mass is 19.2. The summed E-state index contributed by atoms with van der Waals surface area (Å²) in [5.41, 5.74) is 4.94. The van der Waals surface area contributed by atoms with Crippen molar-refractivity contribution in [2.45, 2.75) is 32.0 Å². The summed E-state index contributed by atoms with van der Waals surface area (Å²) in [6.45, 7) is 5.30. The van der Waals surface area contributed by atoms with Crippen molar-refractivity contribution in [2.75, 3.05) is 31.5 Å². The topological polar surface area (TPSA) is 71.6 Å². The number of hydrogen-bond donors (Lipinski definition) is 3. The van der Waals surface area contributed by atoms with Crippen molar-refractivity contribution in [1.82, 2.24) is 10.6 Å². The van der Waals surface area contributed by atoms with Gasteiger partial charge in [-0.2, -0.15) is 0 Å². The van der Waals surface area contributed by atoms with Crippen LogP contribution in [0.5, 0.6) is 11.5 Å². The van der Waals surface area contributed by atoms with E-state index in [4.69, 9.17) is 9.47 Å². The molecule has 0 spiro atoms. The smallest absolute Gasteiger partial charge is 0.255 e. The second kappa shape index (κ2) is 12.3. The van der Waals surface area contributed by atoms with Gasteiger partial charge in [0.05, 0.1) is 0 Å². The van der Waals surface area contributed by atoms with E-state index in [1.165, 1.54) is 6.07 Å². The number of aryl methyl sites for hydroxylation is 1. The number of amides is 1. The van der Waals surface area contributed by atoms with Crippen molar-refractivity contribution in [1.29, 1.82) is 0 Å². The van der Waals surface area contributed by atoms with Crippen molar-refractivity contribution in [2.24, 2.45) is 0 Å². The highest BCUT2D eigenvalue weighted by Gasteiger charge is 2.22. The number of nitrogens with one attached hydrogen (secondary N) is 3. The van der Waals surface area contributed by atoms with E-state index in [-0.39, 0.29) is 18.1 Å². The van der Waals surface area contributed by atoms with Crippen molar-refractivity contribution in [3.05, 3.63) is 102 Å². The molecule has 6 rings (SSSR count). The van der Waals surface area contributed by atoms with Gasteiger partial charge in [0.15, 0.2) is 11.6 Å². The molecule has 2 atom stereocenters. The largest absolute Gasteiger partial charge is 0.488 e. The molecule has 0 bridgehead atoms. The Balaban J connectivity index is 1.31. The zero-order chi connectivity index (χ0) is 29.1. The molecule has 0 aromatic heterocycles. The number of anilines is 1. The zero-order valence-electron chi connectivity index (χ0n) is 23.4. The highest BCUT2D eigenvalue weighted by molar-refractivity contribution is 6.05. The lowest BCUT2D eigenvalue weighted by Gasteiger charge is -2.19. The third-order valence-corrected chi connectivity index (χ3v) is 7.76. The average molecular weight is 570 g/mol. The van der Waals surface area contributed by atoms with Gasteiger partial charge in [-0.05, 0) is 98.1 Å². The molecule has 2 aliphatic heterocycles. The maximum Gasteiger partial charge on any atom is 0.255 e. The molecule has 2 aliphatic rings. The van der Waals surface area contributed by atoms with E-state index < -0.39 is 11.6 Å². The van der Waals surface area contributed by atoms with E-state index in [0.29, 0.717) is 34.7 Å². The first-order valence-electron chi connectivity index (χ1n) is 14.3. The normalized spacial score (nSPS) is 18.2. The van der Waals surface area contributed by atoms with Gasteiger partial charge < -0.3 is 25.4 Å². The molecule has 3 N–H and O–H groups in total. The molecule has 0 unspecified atom stereocenters. The molecule has 4 aromatic rings. The van der Waals surface area contributed by atoms with Gasteiger partial charge in [-0.15, -0.1) is 0 Å². The minimum absolute atomic E-state index is 0.0469. The van der Waals surface area contributed by atoms with Gasteiger partial charge in [0.2, 0.25) is 0 Å².